The van der Waals surface area contributed by atoms with Crippen LogP contribution in [0.1, 0.15) is 98.3 Å². The largest absolute Gasteiger partial charge is 0.465 e. The molecule has 0 aliphatic heterocycles. The molecule has 2 aliphatic rings. The van der Waals surface area contributed by atoms with E-state index < -0.39 is 5.92 Å². The Hall–Kier alpha value is -1.32. The predicted octanol–water partition coefficient (Wildman–Crippen LogP) is 6.23. The Balaban J connectivity index is 1.94. The third-order valence-electron chi connectivity index (χ3n) is 6.96. The Morgan fingerprint density at radius 3 is 2.07 bits per heavy atom. The van der Waals surface area contributed by atoms with E-state index in [4.69, 9.17) is 9.47 Å². The molecule has 4 atom stereocenters. The highest BCUT2D eigenvalue weighted by Crippen LogP contribution is 2.49. The second-order valence-corrected chi connectivity index (χ2v) is 9.06. The zero-order chi connectivity index (χ0) is 21.2. The van der Waals surface area contributed by atoms with Gasteiger partial charge in [-0.05, 0) is 49.9 Å². The smallest absolute Gasteiger partial charge is 0.334 e. The molecule has 0 radical (unpaired) electrons. The van der Waals surface area contributed by atoms with Crippen LogP contribution in [-0.2, 0) is 19.1 Å². The molecule has 0 saturated heterocycles. The van der Waals surface area contributed by atoms with Crippen LogP contribution in [0.2, 0.25) is 0 Å². The topological polar surface area (TPSA) is 52.6 Å². The van der Waals surface area contributed by atoms with Crippen LogP contribution in [0, 0.1) is 23.7 Å². The molecule has 0 N–H and O–H groups in total. The summed E-state index contributed by atoms with van der Waals surface area (Å²) in [6, 6.07) is 0. The molecule has 0 heterocycles. The zero-order valence-electron chi connectivity index (χ0n) is 19.1. The van der Waals surface area contributed by atoms with E-state index in [-0.39, 0.29) is 17.9 Å². The van der Waals surface area contributed by atoms with Gasteiger partial charge in [-0.2, -0.15) is 0 Å². The van der Waals surface area contributed by atoms with Crippen molar-refractivity contribution in [3.63, 3.8) is 0 Å². The zero-order valence-corrected chi connectivity index (χ0v) is 19.1. The SMILES string of the molecule is CCCCC(CC)COC(=O)C1=C2CCC(C2)C1C(=O)OCC(CC)CCCC. The Labute approximate surface area is 177 Å². The van der Waals surface area contributed by atoms with Gasteiger partial charge in [0.2, 0.25) is 0 Å². The van der Waals surface area contributed by atoms with Gasteiger partial charge in [-0.1, -0.05) is 71.8 Å². The fourth-order valence-corrected chi connectivity index (χ4v) is 4.80. The molecule has 2 rings (SSSR count). The van der Waals surface area contributed by atoms with E-state index in [1.807, 2.05) is 0 Å². The summed E-state index contributed by atoms with van der Waals surface area (Å²) in [7, 11) is 0. The Morgan fingerprint density at radius 2 is 1.52 bits per heavy atom. The van der Waals surface area contributed by atoms with Gasteiger partial charge in [-0.25, -0.2) is 4.79 Å². The van der Waals surface area contributed by atoms with E-state index in [0.29, 0.717) is 30.6 Å². The molecule has 0 amide bonds. The first-order valence-corrected chi connectivity index (χ1v) is 12.1. The molecule has 0 aromatic rings. The maximum Gasteiger partial charge on any atom is 0.334 e. The van der Waals surface area contributed by atoms with E-state index in [1.165, 1.54) is 6.42 Å². The van der Waals surface area contributed by atoms with Crippen molar-refractivity contribution in [2.75, 3.05) is 13.2 Å². The Bertz CT molecular complexity index is 565. The number of fused-ring (bicyclic) bond motifs is 2. The lowest BCUT2D eigenvalue weighted by atomic mass is 9.86. The summed E-state index contributed by atoms with van der Waals surface area (Å²) in [5, 5.41) is 0. The van der Waals surface area contributed by atoms with Gasteiger partial charge in [0, 0.05) is 0 Å². The van der Waals surface area contributed by atoms with Crippen LogP contribution in [0.5, 0.6) is 0 Å². The number of carbonyl (C=O) groups excluding carboxylic acids is 2. The first-order chi connectivity index (χ1) is 14.0. The van der Waals surface area contributed by atoms with Gasteiger partial charge in [0.25, 0.3) is 0 Å². The number of esters is 2. The fraction of sp³-hybridized carbons (Fsp3) is 0.840. The summed E-state index contributed by atoms with van der Waals surface area (Å²) in [5.74, 6) is 0.201. The van der Waals surface area contributed by atoms with Crippen molar-refractivity contribution >= 4 is 11.9 Å². The maximum atomic E-state index is 12.9. The van der Waals surface area contributed by atoms with Gasteiger partial charge >= 0.3 is 11.9 Å². The van der Waals surface area contributed by atoms with Crippen LogP contribution in [-0.4, -0.2) is 25.2 Å². The number of hydrogen-bond donors (Lipinski definition) is 0. The summed E-state index contributed by atoms with van der Waals surface area (Å²) >= 11 is 0. The molecule has 4 unspecified atom stereocenters. The highest BCUT2D eigenvalue weighted by molar-refractivity contribution is 5.98. The van der Waals surface area contributed by atoms with Crippen molar-refractivity contribution in [3.05, 3.63) is 11.1 Å². The molecule has 1 fully saturated rings. The number of unbranched alkanes of at least 4 members (excludes halogenated alkanes) is 2. The number of hydrogen-bond acceptors (Lipinski definition) is 4. The Kier molecular flexibility index (Phi) is 10.2. The third-order valence-corrected chi connectivity index (χ3v) is 6.96. The number of ether oxygens (including phenoxy) is 2. The van der Waals surface area contributed by atoms with Crippen LogP contribution >= 0.6 is 0 Å². The molecule has 29 heavy (non-hydrogen) atoms. The number of allylic oxidation sites excluding steroid dienone is 1. The first kappa shape index (κ1) is 24.0. The summed E-state index contributed by atoms with van der Waals surface area (Å²) in [4.78, 5) is 25.8. The van der Waals surface area contributed by atoms with Gasteiger partial charge in [0.1, 0.15) is 0 Å². The second-order valence-electron chi connectivity index (χ2n) is 9.06. The molecule has 0 aromatic carbocycles. The molecular weight excluding hydrogens is 364 g/mol. The molecule has 1 saturated carbocycles. The average molecular weight is 407 g/mol. The average Bonchev–Trinajstić information content (AvgIpc) is 3.35. The highest BCUT2D eigenvalue weighted by Gasteiger charge is 2.47. The first-order valence-electron chi connectivity index (χ1n) is 12.1. The normalized spacial score (nSPS) is 22.6. The lowest BCUT2D eigenvalue weighted by Crippen LogP contribution is -2.31. The van der Waals surface area contributed by atoms with Crippen LogP contribution in [0.25, 0.3) is 0 Å². The molecule has 2 bridgehead atoms. The van der Waals surface area contributed by atoms with Crippen LogP contribution in [0.15, 0.2) is 11.1 Å². The quantitative estimate of drug-likeness (QED) is 0.321. The second kappa shape index (κ2) is 12.4. The van der Waals surface area contributed by atoms with E-state index in [1.54, 1.807) is 0 Å². The number of carbonyl (C=O) groups is 2. The standard InChI is InChI=1S/C25H42O4/c1-5-9-11-18(7-3)16-28-24(26)22-20-13-14-21(15-20)23(22)25(27)29-17-19(8-4)12-10-6-2/h18-20,22H,5-17H2,1-4H3. The monoisotopic (exact) mass is 406 g/mol. The van der Waals surface area contributed by atoms with Gasteiger partial charge in [-0.3, -0.25) is 4.79 Å². The van der Waals surface area contributed by atoms with Crippen molar-refractivity contribution in [1.82, 2.24) is 0 Å². The van der Waals surface area contributed by atoms with Crippen LogP contribution in [0.3, 0.4) is 0 Å². The van der Waals surface area contributed by atoms with Crippen molar-refractivity contribution in [1.29, 1.82) is 0 Å². The summed E-state index contributed by atoms with van der Waals surface area (Å²) < 4.78 is 11.4. The van der Waals surface area contributed by atoms with Gasteiger partial charge in [0.05, 0.1) is 24.7 Å². The lowest BCUT2D eigenvalue weighted by Gasteiger charge is -2.24. The molecule has 4 heteroatoms. The van der Waals surface area contributed by atoms with Crippen LogP contribution < -0.4 is 0 Å². The van der Waals surface area contributed by atoms with Gasteiger partial charge in [-0.15, -0.1) is 0 Å². The van der Waals surface area contributed by atoms with Crippen molar-refractivity contribution < 1.29 is 19.1 Å². The highest BCUT2D eigenvalue weighted by atomic mass is 16.5. The third kappa shape index (κ3) is 6.58. The van der Waals surface area contributed by atoms with Crippen molar-refractivity contribution in [2.24, 2.45) is 23.7 Å². The van der Waals surface area contributed by atoms with E-state index in [9.17, 15) is 9.59 Å². The summed E-state index contributed by atoms with van der Waals surface area (Å²) in [6.45, 7) is 9.61. The van der Waals surface area contributed by atoms with Crippen LogP contribution in [0.4, 0.5) is 0 Å². The molecule has 2 aliphatic carbocycles. The van der Waals surface area contributed by atoms with Crippen molar-refractivity contribution in [3.8, 4) is 0 Å². The van der Waals surface area contributed by atoms with Crippen molar-refractivity contribution in [2.45, 2.75) is 98.3 Å². The summed E-state index contributed by atoms with van der Waals surface area (Å²) in [6.07, 6.45) is 11.7. The minimum absolute atomic E-state index is 0.204. The molecular formula is C25H42O4. The summed E-state index contributed by atoms with van der Waals surface area (Å²) in [5.41, 5.74) is 1.78. The van der Waals surface area contributed by atoms with E-state index >= 15 is 0 Å². The van der Waals surface area contributed by atoms with E-state index in [0.717, 1.165) is 69.8 Å². The minimum Gasteiger partial charge on any atom is -0.465 e. The Morgan fingerprint density at radius 1 is 0.931 bits per heavy atom. The maximum absolute atomic E-state index is 12.9. The van der Waals surface area contributed by atoms with E-state index in [2.05, 4.69) is 27.7 Å². The number of rotatable bonds is 14. The molecule has 4 nitrogen and oxygen atoms in total. The van der Waals surface area contributed by atoms with Gasteiger partial charge < -0.3 is 9.47 Å². The predicted molar refractivity (Wildman–Crippen MR) is 116 cm³/mol. The van der Waals surface area contributed by atoms with Gasteiger partial charge in [0.15, 0.2) is 0 Å². The minimum atomic E-state index is -0.398. The lowest BCUT2D eigenvalue weighted by molar-refractivity contribution is -0.153. The molecule has 0 spiro atoms. The molecule has 0 aromatic heterocycles. The fourth-order valence-electron chi connectivity index (χ4n) is 4.80. The molecule has 166 valence electrons.